The van der Waals surface area contributed by atoms with E-state index < -0.39 is 30.1 Å². The van der Waals surface area contributed by atoms with E-state index in [1.165, 1.54) is 31.1 Å². The van der Waals surface area contributed by atoms with Crippen LogP contribution in [0.1, 0.15) is 48.5 Å². The van der Waals surface area contributed by atoms with Crippen LogP contribution in [0.5, 0.6) is 5.75 Å². The van der Waals surface area contributed by atoms with Crippen LogP contribution in [0.15, 0.2) is 30.4 Å². The minimum absolute atomic E-state index is 0.000977. The van der Waals surface area contributed by atoms with Crippen LogP contribution in [0.3, 0.4) is 0 Å². The Morgan fingerprint density at radius 1 is 1.09 bits per heavy atom. The number of likely N-dealkylation sites (tertiary alicyclic amines) is 1. The van der Waals surface area contributed by atoms with Gasteiger partial charge in [0.1, 0.15) is 23.5 Å². The Morgan fingerprint density at radius 3 is 2.56 bits per heavy atom. The van der Waals surface area contributed by atoms with Crippen molar-refractivity contribution in [2.45, 2.75) is 50.9 Å². The summed E-state index contributed by atoms with van der Waals surface area (Å²) in [5, 5.41) is 34.0. The van der Waals surface area contributed by atoms with E-state index in [1.54, 1.807) is 25.1 Å². The molecule has 2 aliphatic rings. The van der Waals surface area contributed by atoms with Crippen molar-refractivity contribution in [3.8, 4) is 5.75 Å². The fourth-order valence-corrected chi connectivity index (χ4v) is 3.89. The van der Waals surface area contributed by atoms with Gasteiger partial charge in [0.25, 0.3) is 0 Å². The van der Waals surface area contributed by atoms with Gasteiger partial charge in [0, 0.05) is 31.3 Å². The van der Waals surface area contributed by atoms with Crippen molar-refractivity contribution in [1.82, 2.24) is 4.90 Å². The van der Waals surface area contributed by atoms with E-state index in [4.69, 9.17) is 4.74 Å². The normalized spacial score (nSPS) is 27.3. The maximum atomic E-state index is 12.8. The number of benzene rings is 1. The zero-order valence-electron chi connectivity index (χ0n) is 18.4. The number of hydrogen-bond acceptors (Lipinski definition) is 8. The number of fused-ring (bicyclic) bond motifs is 1. The van der Waals surface area contributed by atoms with Gasteiger partial charge in [-0.2, -0.15) is 0 Å². The molecule has 1 saturated heterocycles. The number of cyclic esters (lactones) is 1. The minimum atomic E-state index is -1.54. The van der Waals surface area contributed by atoms with Gasteiger partial charge < -0.3 is 30.3 Å². The maximum absolute atomic E-state index is 12.8. The van der Waals surface area contributed by atoms with Gasteiger partial charge in [0.2, 0.25) is 0 Å². The summed E-state index contributed by atoms with van der Waals surface area (Å²) in [7, 11) is 0. The number of aliphatic hydroxyl groups excluding tert-OH is 2. The second kappa shape index (κ2) is 11.3. The first-order valence-electron chi connectivity index (χ1n) is 11.1. The lowest BCUT2D eigenvalue weighted by atomic mass is 10.0. The topological polar surface area (TPSA) is 119 Å². The van der Waals surface area contributed by atoms with Crippen LogP contribution in [-0.4, -0.2) is 76.5 Å². The lowest BCUT2D eigenvalue weighted by molar-refractivity contribution is -0.127. The molecular formula is C24H32N2O6. The number of phenols is 1. The molecule has 174 valence electrons. The summed E-state index contributed by atoms with van der Waals surface area (Å²) < 4.78 is 5.44. The first-order chi connectivity index (χ1) is 15.3. The molecular weight excluding hydrogens is 412 g/mol. The van der Waals surface area contributed by atoms with Gasteiger partial charge in [-0.1, -0.05) is 18.2 Å². The highest BCUT2D eigenvalue weighted by Gasteiger charge is 2.23. The van der Waals surface area contributed by atoms with Crippen molar-refractivity contribution >= 4 is 23.5 Å². The molecule has 1 aromatic rings. The molecule has 3 rings (SSSR count). The Morgan fingerprint density at radius 2 is 1.81 bits per heavy atom. The summed E-state index contributed by atoms with van der Waals surface area (Å²) in [6, 6.07) is 3.24. The largest absolute Gasteiger partial charge is 0.507 e. The van der Waals surface area contributed by atoms with Gasteiger partial charge >= 0.3 is 5.97 Å². The number of aliphatic hydroxyl groups is 2. The molecule has 8 nitrogen and oxygen atoms in total. The van der Waals surface area contributed by atoms with Crippen LogP contribution < -0.4 is 5.32 Å². The zero-order chi connectivity index (χ0) is 23.1. The Hall–Kier alpha value is -2.68. The van der Waals surface area contributed by atoms with Gasteiger partial charge in [-0.05, 0) is 57.0 Å². The van der Waals surface area contributed by atoms with Crippen molar-refractivity contribution < 1.29 is 29.6 Å². The van der Waals surface area contributed by atoms with Crippen molar-refractivity contribution in [3.63, 3.8) is 0 Å². The van der Waals surface area contributed by atoms with Crippen LogP contribution in [0.4, 0.5) is 5.69 Å². The third kappa shape index (κ3) is 6.41. The summed E-state index contributed by atoms with van der Waals surface area (Å²) in [5.74, 6) is -1.48. The predicted octanol–water partition coefficient (Wildman–Crippen LogP) is 2.10. The monoisotopic (exact) mass is 444 g/mol. The quantitative estimate of drug-likeness (QED) is 0.522. The number of phenolic OH excluding ortho intramolecular Hbond substituents is 1. The summed E-state index contributed by atoms with van der Waals surface area (Å²) >= 11 is 0. The molecule has 0 saturated carbocycles. The van der Waals surface area contributed by atoms with Crippen molar-refractivity contribution in [2.75, 3.05) is 31.5 Å². The molecule has 0 spiro atoms. The van der Waals surface area contributed by atoms with Crippen LogP contribution in [0.2, 0.25) is 0 Å². The fourth-order valence-electron chi connectivity index (χ4n) is 3.89. The molecule has 2 aliphatic heterocycles. The second-order valence-electron chi connectivity index (χ2n) is 8.34. The summed E-state index contributed by atoms with van der Waals surface area (Å²) in [6.45, 7) is 5.44. The maximum Gasteiger partial charge on any atom is 0.342 e. The van der Waals surface area contributed by atoms with E-state index >= 15 is 0 Å². The highest BCUT2D eigenvalue weighted by atomic mass is 16.5. The van der Waals surface area contributed by atoms with E-state index in [0.717, 1.165) is 19.6 Å². The number of carbonyl (C=O) groups is 2. The molecule has 32 heavy (non-hydrogen) atoms. The SMILES string of the molecule is CC1C/C=C\C(=O)C(O)C(O)C/C=C/c2cc(NCCN3CCCC3)cc(O)c2C(=O)O1. The lowest BCUT2D eigenvalue weighted by Gasteiger charge is -2.18. The number of anilines is 1. The van der Waals surface area contributed by atoms with E-state index in [-0.39, 0.29) is 24.2 Å². The van der Waals surface area contributed by atoms with Crippen molar-refractivity contribution in [2.24, 2.45) is 0 Å². The summed E-state index contributed by atoms with van der Waals surface area (Å²) in [4.78, 5) is 27.1. The van der Waals surface area contributed by atoms with Gasteiger partial charge in [-0.3, -0.25) is 4.79 Å². The number of ether oxygens (including phenoxy) is 1. The molecule has 1 fully saturated rings. The smallest absolute Gasteiger partial charge is 0.342 e. The third-order valence-electron chi connectivity index (χ3n) is 5.70. The van der Waals surface area contributed by atoms with Crippen molar-refractivity contribution in [3.05, 3.63) is 41.5 Å². The van der Waals surface area contributed by atoms with E-state index in [2.05, 4.69) is 10.2 Å². The van der Waals surface area contributed by atoms with Crippen molar-refractivity contribution in [1.29, 1.82) is 0 Å². The van der Waals surface area contributed by atoms with E-state index in [0.29, 0.717) is 17.8 Å². The number of ketones is 1. The Balaban J connectivity index is 1.83. The van der Waals surface area contributed by atoms with Gasteiger partial charge in [0.15, 0.2) is 5.78 Å². The Labute approximate surface area is 188 Å². The average molecular weight is 445 g/mol. The number of nitrogens with one attached hydrogen (secondary N) is 1. The summed E-state index contributed by atoms with van der Waals surface area (Å²) in [6.07, 6.45) is 5.12. The van der Waals surface area contributed by atoms with Gasteiger partial charge in [0.05, 0.1) is 6.10 Å². The predicted molar refractivity (Wildman–Crippen MR) is 122 cm³/mol. The van der Waals surface area contributed by atoms with E-state index in [1.807, 2.05) is 0 Å². The first-order valence-corrected chi connectivity index (χ1v) is 11.1. The zero-order valence-corrected chi connectivity index (χ0v) is 18.4. The Kier molecular flexibility index (Phi) is 8.44. The fraction of sp³-hybridized carbons (Fsp3) is 0.500. The number of esters is 1. The molecule has 8 heteroatoms. The first kappa shape index (κ1) is 24.0. The third-order valence-corrected chi connectivity index (χ3v) is 5.70. The molecule has 4 N–H and O–H groups in total. The summed E-state index contributed by atoms with van der Waals surface area (Å²) in [5.41, 5.74) is 1.11. The highest BCUT2D eigenvalue weighted by Crippen LogP contribution is 2.29. The number of carbonyl (C=O) groups excluding carboxylic acids is 2. The number of nitrogens with zero attached hydrogens (tertiary/aromatic N) is 1. The lowest BCUT2D eigenvalue weighted by Crippen LogP contribution is -2.32. The Bertz CT molecular complexity index is 875. The molecule has 3 unspecified atom stereocenters. The number of aromatic hydroxyl groups is 1. The number of hydrogen-bond donors (Lipinski definition) is 4. The molecule has 0 aliphatic carbocycles. The number of rotatable bonds is 4. The molecule has 2 heterocycles. The van der Waals surface area contributed by atoms with E-state index in [9.17, 15) is 24.9 Å². The average Bonchev–Trinajstić information content (AvgIpc) is 3.25. The van der Waals surface area contributed by atoms with Crippen LogP contribution >= 0.6 is 0 Å². The van der Waals surface area contributed by atoms with Gasteiger partial charge in [-0.25, -0.2) is 4.79 Å². The molecule has 0 radical (unpaired) electrons. The standard InChI is InChI=1S/C24H32N2O6/c1-16-6-4-8-19(27)23(30)20(28)9-5-7-17-14-18(15-21(29)22(17)24(31)32-16)25-10-13-26-11-2-3-12-26/h4-5,7-8,14-16,20,23,25,28-30H,2-3,6,9-13H2,1H3/b7-5+,8-4-. The molecule has 0 bridgehead atoms. The minimum Gasteiger partial charge on any atom is -0.507 e. The highest BCUT2D eigenvalue weighted by molar-refractivity contribution is 5.97. The molecule has 3 atom stereocenters. The molecule has 0 aromatic heterocycles. The second-order valence-corrected chi connectivity index (χ2v) is 8.34. The molecule has 0 amide bonds. The van der Waals surface area contributed by atoms with Crippen LogP contribution in [0.25, 0.3) is 6.08 Å². The molecule has 1 aromatic carbocycles. The van der Waals surface area contributed by atoms with Gasteiger partial charge in [-0.15, -0.1) is 0 Å². The van der Waals surface area contributed by atoms with Crippen LogP contribution in [0, 0.1) is 0 Å². The van der Waals surface area contributed by atoms with Crippen LogP contribution in [-0.2, 0) is 9.53 Å².